The van der Waals surface area contributed by atoms with E-state index >= 15 is 0 Å². The maximum absolute atomic E-state index is 12.4. The van der Waals surface area contributed by atoms with Crippen LogP contribution in [0, 0.1) is 13.8 Å². The summed E-state index contributed by atoms with van der Waals surface area (Å²) in [6.07, 6.45) is 3.26. The van der Waals surface area contributed by atoms with Gasteiger partial charge in [0.25, 0.3) is 0 Å². The van der Waals surface area contributed by atoms with Crippen LogP contribution < -0.4 is 14.2 Å². The molecule has 0 saturated heterocycles. The van der Waals surface area contributed by atoms with E-state index < -0.39 is 0 Å². The van der Waals surface area contributed by atoms with E-state index in [-0.39, 0.29) is 5.78 Å². The van der Waals surface area contributed by atoms with Crippen molar-refractivity contribution in [2.75, 3.05) is 21.3 Å². The number of carbonyl (C=O) groups excluding carboxylic acids is 1. The molecule has 4 nitrogen and oxygen atoms in total. The number of rotatable bonds is 6. The van der Waals surface area contributed by atoms with Gasteiger partial charge >= 0.3 is 0 Å². The third kappa shape index (κ3) is 3.77. The second-order valence-electron chi connectivity index (χ2n) is 5.45. The molecule has 0 saturated carbocycles. The molecule has 126 valence electrons. The van der Waals surface area contributed by atoms with Gasteiger partial charge in [-0.2, -0.15) is 0 Å². The smallest absolute Gasteiger partial charge is 0.185 e. The summed E-state index contributed by atoms with van der Waals surface area (Å²) in [5, 5.41) is 0. The van der Waals surface area contributed by atoms with Crippen molar-refractivity contribution in [3.05, 3.63) is 58.7 Å². The molecule has 2 aromatic rings. The number of methoxy groups -OCH3 is 3. The van der Waals surface area contributed by atoms with Gasteiger partial charge in [-0.15, -0.1) is 0 Å². The Morgan fingerprint density at radius 3 is 2.04 bits per heavy atom. The Kier molecular flexibility index (Phi) is 5.64. The van der Waals surface area contributed by atoms with Crippen molar-refractivity contribution < 1.29 is 19.0 Å². The minimum absolute atomic E-state index is 0.0602. The molecular weight excluding hydrogens is 304 g/mol. The molecule has 0 aromatic heterocycles. The third-order valence-electron chi connectivity index (χ3n) is 3.94. The minimum atomic E-state index is -0.0602. The van der Waals surface area contributed by atoms with Crippen molar-refractivity contribution in [3.8, 4) is 17.2 Å². The summed E-state index contributed by atoms with van der Waals surface area (Å²) in [6.45, 7) is 4.01. The van der Waals surface area contributed by atoms with Crippen LogP contribution in [0.5, 0.6) is 17.2 Å². The molecule has 0 amide bonds. The summed E-state index contributed by atoms with van der Waals surface area (Å²) in [6, 6.07) is 9.20. The van der Waals surface area contributed by atoms with Crippen LogP contribution in [-0.4, -0.2) is 27.1 Å². The first-order chi connectivity index (χ1) is 11.5. The van der Waals surface area contributed by atoms with Crippen molar-refractivity contribution in [2.24, 2.45) is 0 Å². The van der Waals surface area contributed by atoms with Crippen LogP contribution in [0.1, 0.15) is 27.0 Å². The zero-order chi connectivity index (χ0) is 17.7. The van der Waals surface area contributed by atoms with E-state index in [0.717, 1.165) is 16.7 Å². The molecule has 0 bridgehead atoms. The van der Waals surface area contributed by atoms with Gasteiger partial charge < -0.3 is 14.2 Å². The molecule has 24 heavy (non-hydrogen) atoms. The number of allylic oxidation sites excluding steroid dienone is 1. The summed E-state index contributed by atoms with van der Waals surface area (Å²) < 4.78 is 15.9. The van der Waals surface area contributed by atoms with Crippen molar-refractivity contribution >= 4 is 11.9 Å². The van der Waals surface area contributed by atoms with E-state index in [2.05, 4.69) is 0 Å². The molecule has 0 heterocycles. The quantitative estimate of drug-likeness (QED) is 0.589. The lowest BCUT2D eigenvalue weighted by atomic mass is 10.0. The number of hydrogen-bond acceptors (Lipinski definition) is 4. The lowest BCUT2D eigenvalue weighted by Gasteiger charge is -2.12. The highest BCUT2D eigenvalue weighted by molar-refractivity contribution is 6.07. The maximum atomic E-state index is 12.4. The highest BCUT2D eigenvalue weighted by Gasteiger charge is 2.11. The van der Waals surface area contributed by atoms with Crippen LogP contribution in [0.3, 0.4) is 0 Å². The number of carbonyl (C=O) groups is 1. The second-order valence-corrected chi connectivity index (χ2v) is 5.45. The number of ether oxygens (including phenoxy) is 3. The van der Waals surface area contributed by atoms with Crippen molar-refractivity contribution in [2.45, 2.75) is 13.8 Å². The van der Waals surface area contributed by atoms with Crippen LogP contribution in [0.4, 0.5) is 0 Å². The van der Waals surface area contributed by atoms with Gasteiger partial charge in [-0.3, -0.25) is 4.79 Å². The first-order valence-corrected chi connectivity index (χ1v) is 7.59. The van der Waals surface area contributed by atoms with Gasteiger partial charge in [-0.1, -0.05) is 12.1 Å². The Balaban J connectivity index is 2.33. The molecule has 0 aliphatic heterocycles. The topological polar surface area (TPSA) is 44.8 Å². The molecule has 0 atom stereocenters. The van der Waals surface area contributed by atoms with Crippen LogP contribution in [0.25, 0.3) is 6.08 Å². The average molecular weight is 326 g/mol. The SMILES string of the molecule is COc1cc(OC)c(OC)cc1/C=C/C(=O)c1ccc(C)c(C)c1. The second kappa shape index (κ2) is 7.68. The van der Waals surface area contributed by atoms with Gasteiger partial charge in [-0.05, 0) is 49.3 Å². The Bertz CT molecular complexity index is 775. The molecular formula is C20H22O4. The van der Waals surface area contributed by atoms with Crippen molar-refractivity contribution in [1.29, 1.82) is 0 Å². The van der Waals surface area contributed by atoms with Crippen molar-refractivity contribution in [1.82, 2.24) is 0 Å². The van der Waals surface area contributed by atoms with Crippen LogP contribution in [0.2, 0.25) is 0 Å². The van der Waals surface area contributed by atoms with Gasteiger partial charge in [0.2, 0.25) is 0 Å². The zero-order valence-corrected chi connectivity index (χ0v) is 14.7. The number of hydrogen-bond donors (Lipinski definition) is 0. The predicted octanol–water partition coefficient (Wildman–Crippen LogP) is 4.23. The number of aryl methyl sites for hydroxylation is 2. The first kappa shape index (κ1) is 17.6. The molecule has 0 N–H and O–H groups in total. The van der Waals surface area contributed by atoms with E-state index in [1.165, 1.54) is 6.08 Å². The lowest BCUT2D eigenvalue weighted by Crippen LogP contribution is -1.97. The summed E-state index contributed by atoms with van der Waals surface area (Å²) in [5.74, 6) is 1.70. The van der Waals surface area contributed by atoms with Gasteiger partial charge in [-0.25, -0.2) is 0 Å². The van der Waals surface area contributed by atoms with E-state index in [1.807, 2.05) is 32.0 Å². The summed E-state index contributed by atoms with van der Waals surface area (Å²) >= 11 is 0. The molecule has 2 rings (SSSR count). The van der Waals surface area contributed by atoms with Gasteiger partial charge in [0.05, 0.1) is 21.3 Å². The molecule has 0 fully saturated rings. The number of benzene rings is 2. The van der Waals surface area contributed by atoms with E-state index in [4.69, 9.17) is 14.2 Å². The molecule has 2 aromatic carbocycles. The minimum Gasteiger partial charge on any atom is -0.496 e. The summed E-state index contributed by atoms with van der Waals surface area (Å²) in [4.78, 5) is 12.4. The monoisotopic (exact) mass is 326 g/mol. The zero-order valence-electron chi connectivity index (χ0n) is 14.7. The van der Waals surface area contributed by atoms with Crippen molar-refractivity contribution in [3.63, 3.8) is 0 Å². The molecule has 0 unspecified atom stereocenters. The highest BCUT2D eigenvalue weighted by Crippen LogP contribution is 2.35. The molecule has 0 aliphatic carbocycles. The molecule has 0 aliphatic rings. The van der Waals surface area contributed by atoms with E-state index in [0.29, 0.717) is 22.8 Å². The largest absolute Gasteiger partial charge is 0.496 e. The Morgan fingerprint density at radius 2 is 1.46 bits per heavy atom. The standard InChI is InChI=1S/C20H22O4/c1-13-6-7-15(10-14(13)2)17(21)9-8-16-11-19(23-4)20(24-5)12-18(16)22-3/h6-12H,1-5H3/b9-8+. The van der Waals surface area contributed by atoms with E-state index in [9.17, 15) is 4.79 Å². The lowest BCUT2D eigenvalue weighted by molar-refractivity contribution is 0.104. The summed E-state index contributed by atoms with van der Waals surface area (Å²) in [7, 11) is 4.71. The normalized spacial score (nSPS) is 10.7. The first-order valence-electron chi connectivity index (χ1n) is 7.59. The fourth-order valence-electron chi connectivity index (χ4n) is 2.34. The molecule has 4 heteroatoms. The molecule has 0 spiro atoms. The fourth-order valence-corrected chi connectivity index (χ4v) is 2.34. The fraction of sp³-hybridized carbons (Fsp3) is 0.250. The predicted molar refractivity (Wildman–Crippen MR) is 95.4 cm³/mol. The van der Waals surface area contributed by atoms with Gasteiger partial charge in [0, 0.05) is 17.2 Å². The molecule has 0 radical (unpaired) electrons. The van der Waals surface area contributed by atoms with Gasteiger partial charge in [0.15, 0.2) is 17.3 Å². The Morgan fingerprint density at radius 1 is 0.833 bits per heavy atom. The number of ketones is 1. The highest BCUT2D eigenvalue weighted by atomic mass is 16.5. The Labute approximate surface area is 142 Å². The van der Waals surface area contributed by atoms with Crippen LogP contribution in [0.15, 0.2) is 36.4 Å². The van der Waals surface area contributed by atoms with Crippen LogP contribution in [-0.2, 0) is 0 Å². The third-order valence-corrected chi connectivity index (χ3v) is 3.94. The van der Waals surface area contributed by atoms with Crippen LogP contribution >= 0.6 is 0 Å². The average Bonchev–Trinajstić information content (AvgIpc) is 2.60. The Hall–Kier alpha value is -2.75. The summed E-state index contributed by atoms with van der Waals surface area (Å²) in [5.41, 5.74) is 3.66. The van der Waals surface area contributed by atoms with E-state index in [1.54, 1.807) is 39.5 Å². The maximum Gasteiger partial charge on any atom is 0.185 e. The van der Waals surface area contributed by atoms with Gasteiger partial charge in [0.1, 0.15) is 5.75 Å².